The van der Waals surface area contributed by atoms with Gasteiger partial charge < -0.3 is 24.2 Å². The van der Waals surface area contributed by atoms with Gasteiger partial charge in [0.1, 0.15) is 5.52 Å². The third-order valence-electron chi connectivity index (χ3n) is 7.24. The van der Waals surface area contributed by atoms with Crippen LogP contribution < -0.4 is 19.7 Å². The van der Waals surface area contributed by atoms with Gasteiger partial charge in [0.2, 0.25) is 6.79 Å². The number of aromatic nitrogens is 1. The van der Waals surface area contributed by atoms with E-state index >= 15 is 0 Å². The van der Waals surface area contributed by atoms with Crippen molar-refractivity contribution in [1.82, 2.24) is 5.16 Å². The molecule has 1 saturated heterocycles. The average Bonchev–Trinajstić information content (AvgIpc) is 3.49. The normalized spacial score (nSPS) is 20.3. The molecule has 7 heteroatoms. The monoisotopic (exact) mass is 467 g/mol. The van der Waals surface area contributed by atoms with Crippen molar-refractivity contribution in [3.8, 4) is 22.8 Å². The molecule has 1 N–H and O–H groups in total. The molecule has 4 aromatic rings. The third-order valence-corrected chi connectivity index (χ3v) is 7.24. The first-order valence-corrected chi connectivity index (χ1v) is 12.1. The molecule has 7 nitrogen and oxygen atoms in total. The van der Waals surface area contributed by atoms with Gasteiger partial charge in [-0.2, -0.15) is 0 Å². The van der Waals surface area contributed by atoms with E-state index in [1.165, 1.54) is 6.42 Å². The largest absolute Gasteiger partial charge is 0.454 e. The summed E-state index contributed by atoms with van der Waals surface area (Å²) in [6, 6.07) is 15.4. The molecule has 1 aliphatic carbocycles. The lowest BCUT2D eigenvalue weighted by Crippen LogP contribution is -2.39. The molecule has 2 atom stereocenters. The fraction of sp³-hybridized carbons (Fsp3) is 0.286. The van der Waals surface area contributed by atoms with E-state index in [1.807, 2.05) is 42.5 Å². The highest BCUT2D eigenvalue weighted by atomic mass is 16.7. The van der Waals surface area contributed by atoms with Gasteiger partial charge in [-0.05, 0) is 36.5 Å². The van der Waals surface area contributed by atoms with Crippen molar-refractivity contribution in [2.45, 2.75) is 20.3 Å². The van der Waals surface area contributed by atoms with Gasteiger partial charge in [-0.1, -0.05) is 43.3 Å². The predicted molar refractivity (Wildman–Crippen MR) is 134 cm³/mol. The Morgan fingerprint density at radius 3 is 2.57 bits per heavy atom. The highest BCUT2D eigenvalue weighted by molar-refractivity contribution is 6.28. The second kappa shape index (κ2) is 7.50. The number of benzene rings is 3. The molecule has 0 spiro atoms. The Kier molecular flexibility index (Phi) is 4.37. The Bertz CT molecular complexity index is 1500. The Balaban J connectivity index is 1.44. The number of nitrogens with zero attached hydrogens (tertiary/aromatic N) is 2. The molecule has 0 unspecified atom stereocenters. The lowest BCUT2D eigenvalue weighted by atomic mass is 9.85. The number of carbonyl (C=O) groups excluding carboxylic acids is 1. The maximum absolute atomic E-state index is 13.8. The van der Waals surface area contributed by atoms with Gasteiger partial charge in [0.15, 0.2) is 23.0 Å². The fourth-order valence-corrected chi connectivity index (χ4v) is 5.87. The van der Waals surface area contributed by atoms with E-state index in [9.17, 15) is 4.79 Å². The van der Waals surface area contributed by atoms with E-state index in [1.54, 1.807) is 0 Å². The van der Waals surface area contributed by atoms with Gasteiger partial charge >= 0.3 is 0 Å². The number of piperidine rings is 1. The van der Waals surface area contributed by atoms with Crippen molar-refractivity contribution in [3.63, 3.8) is 0 Å². The van der Waals surface area contributed by atoms with Crippen LogP contribution in [0.5, 0.6) is 11.5 Å². The Labute approximate surface area is 202 Å². The van der Waals surface area contributed by atoms with Gasteiger partial charge in [0.05, 0.1) is 22.3 Å². The van der Waals surface area contributed by atoms with Crippen molar-refractivity contribution < 1.29 is 18.8 Å². The lowest BCUT2D eigenvalue weighted by molar-refractivity contribution is 0.104. The van der Waals surface area contributed by atoms with Crippen molar-refractivity contribution >= 4 is 33.7 Å². The van der Waals surface area contributed by atoms with Crippen LogP contribution in [0.25, 0.3) is 22.2 Å². The van der Waals surface area contributed by atoms with Crippen molar-refractivity contribution in [3.05, 3.63) is 59.7 Å². The van der Waals surface area contributed by atoms with E-state index in [4.69, 9.17) is 14.0 Å². The second-order valence-corrected chi connectivity index (χ2v) is 9.97. The van der Waals surface area contributed by atoms with Gasteiger partial charge in [-0.25, -0.2) is 0 Å². The average molecular weight is 468 g/mol. The summed E-state index contributed by atoms with van der Waals surface area (Å²) < 4.78 is 17.0. The zero-order valence-corrected chi connectivity index (χ0v) is 19.6. The number of ketones is 1. The maximum atomic E-state index is 13.8. The van der Waals surface area contributed by atoms with E-state index in [2.05, 4.69) is 35.3 Å². The topological polar surface area (TPSA) is 76.8 Å². The van der Waals surface area contributed by atoms with E-state index in [0.29, 0.717) is 34.5 Å². The number of hydrogen-bond donors (Lipinski definition) is 1. The molecule has 35 heavy (non-hydrogen) atoms. The summed E-state index contributed by atoms with van der Waals surface area (Å²) in [5.74, 6) is 3.16. The minimum absolute atomic E-state index is 0.0310. The summed E-state index contributed by atoms with van der Waals surface area (Å²) in [7, 11) is 0. The van der Waals surface area contributed by atoms with Crippen molar-refractivity contribution in [2.75, 3.05) is 30.1 Å². The van der Waals surface area contributed by atoms with E-state index < -0.39 is 0 Å². The summed E-state index contributed by atoms with van der Waals surface area (Å²) in [4.78, 5) is 16.2. The summed E-state index contributed by atoms with van der Waals surface area (Å²) in [6.45, 7) is 6.67. The minimum Gasteiger partial charge on any atom is -0.454 e. The molecule has 3 aliphatic rings. The summed E-state index contributed by atoms with van der Waals surface area (Å²) >= 11 is 0. The van der Waals surface area contributed by atoms with Crippen molar-refractivity contribution in [2.24, 2.45) is 11.8 Å². The van der Waals surface area contributed by atoms with Crippen LogP contribution in [0, 0.1) is 11.8 Å². The number of fused-ring (bicyclic) bond motifs is 3. The summed E-state index contributed by atoms with van der Waals surface area (Å²) in [5, 5.41) is 8.80. The fourth-order valence-electron chi connectivity index (χ4n) is 5.87. The smallest absolute Gasteiger partial charge is 0.231 e. The first kappa shape index (κ1) is 20.4. The van der Waals surface area contributed by atoms with Crippen LogP contribution in [0.1, 0.15) is 36.2 Å². The molecule has 176 valence electrons. The molecule has 1 aromatic heterocycles. The standard InChI is InChI=1S/C28H25N3O4/c1-15-9-16(2)13-31(12-15)21-11-20(29-17-7-8-22-23(10-17)34-14-33-22)24-25-26(21)30-35-28(25)19-6-4-3-5-18(19)27(24)32/h3-8,10-11,15-16,29H,9,12-14H2,1-2H3/t15-,16-/m0/s1. The molecule has 1 fully saturated rings. The molecular weight excluding hydrogens is 442 g/mol. The van der Waals surface area contributed by atoms with E-state index in [0.717, 1.165) is 52.4 Å². The second-order valence-electron chi connectivity index (χ2n) is 9.97. The first-order chi connectivity index (χ1) is 17.1. The summed E-state index contributed by atoms with van der Waals surface area (Å²) in [5.41, 5.74) is 5.30. The molecule has 2 aliphatic heterocycles. The Morgan fingerprint density at radius 1 is 0.971 bits per heavy atom. The van der Waals surface area contributed by atoms with Crippen LogP contribution in [-0.2, 0) is 0 Å². The summed E-state index contributed by atoms with van der Waals surface area (Å²) in [6.07, 6.45) is 1.20. The molecule has 7 rings (SSSR count). The van der Waals surface area contributed by atoms with E-state index in [-0.39, 0.29) is 12.6 Å². The molecular formula is C28H25N3O4. The molecule has 0 amide bonds. The number of rotatable bonds is 3. The zero-order chi connectivity index (χ0) is 23.7. The van der Waals surface area contributed by atoms with Gasteiger partial charge in [0.25, 0.3) is 0 Å². The van der Waals surface area contributed by atoms with Gasteiger partial charge in [-0.3, -0.25) is 4.79 Å². The number of anilines is 3. The van der Waals surface area contributed by atoms with Crippen LogP contribution >= 0.6 is 0 Å². The van der Waals surface area contributed by atoms with Crippen LogP contribution in [0.4, 0.5) is 17.1 Å². The first-order valence-electron chi connectivity index (χ1n) is 12.1. The minimum atomic E-state index is -0.0310. The van der Waals surface area contributed by atoms with Gasteiger partial charge in [0, 0.05) is 36.0 Å². The SMILES string of the molecule is C[C@H]1C[C@H](C)CN(c2cc(Nc3ccc4c(c3)OCO4)c3c4c(onc24)-c2ccccc2C3=O)C1. The highest BCUT2D eigenvalue weighted by Crippen LogP contribution is 2.47. The van der Waals surface area contributed by atoms with Gasteiger partial charge in [-0.15, -0.1) is 0 Å². The maximum Gasteiger partial charge on any atom is 0.231 e. The quantitative estimate of drug-likeness (QED) is 0.349. The lowest BCUT2D eigenvalue weighted by Gasteiger charge is -2.37. The Hall–Kier alpha value is -4.00. The third kappa shape index (κ3) is 3.11. The highest BCUT2D eigenvalue weighted by Gasteiger charge is 2.35. The van der Waals surface area contributed by atoms with Crippen LogP contribution in [0.3, 0.4) is 0 Å². The predicted octanol–water partition coefficient (Wildman–Crippen LogP) is 5.99. The molecule has 3 aromatic carbocycles. The Morgan fingerprint density at radius 2 is 1.74 bits per heavy atom. The number of carbonyl (C=O) groups is 1. The van der Waals surface area contributed by atoms with Crippen LogP contribution in [-0.4, -0.2) is 30.8 Å². The number of hydrogen-bond acceptors (Lipinski definition) is 7. The van der Waals surface area contributed by atoms with Crippen molar-refractivity contribution in [1.29, 1.82) is 0 Å². The number of ether oxygens (including phenoxy) is 2. The molecule has 0 bridgehead atoms. The molecule has 3 heterocycles. The number of nitrogens with one attached hydrogen (secondary N) is 1. The van der Waals surface area contributed by atoms with Crippen LogP contribution in [0.15, 0.2) is 53.1 Å². The molecule has 0 saturated carbocycles. The molecule has 0 radical (unpaired) electrons. The van der Waals surface area contributed by atoms with Crippen LogP contribution in [0.2, 0.25) is 0 Å². The zero-order valence-electron chi connectivity index (χ0n) is 19.6.